The first-order chi connectivity index (χ1) is 10.3. The van der Waals surface area contributed by atoms with Gasteiger partial charge in [0.2, 0.25) is 0 Å². The first-order valence-electron chi connectivity index (χ1n) is 6.40. The third-order valence-corrected chi connectivity index (χ3v) is 3.66. The van der Waals surface area contributed by atoms with Gasteiger partial charge in [-0.1, -0.05) is 12.1 Å². The molecular formula is C15H10BrN5. The molecular weight excluding hydrogens is 330 g/mol. The van der Waals surface area contributed by atoms with E-state index in [-0.39, 0.29) is 0 Å². The number of halogens is 1. The Balaban J connectivity index is 1.89. The van der Waals surface area contributed by atoms with Gasteiger partial charge in [0, 0.05) is 47.4 Å². The standard InChI is InChI=1S/C15H10BrN5/c16-13-9-21-7-6-18-15(21)14(20-13)19-12-3-1-2-10-8-17-5-4-11(10)12/h1-9H,(H,19,20). The zero-order valence-corrected chi connectivity index (χ0v) is 12.4. The van der Waals surface area contributed by atoms with Crippen LogP contribution in [-0.4, -0.2) is 19.4 Å². The van der Waals surface area contributed by atoms with Crippen LogP contribution in [-0.2, 0) is 0 Å². The van der Waals surface area contributed by atoms with Crippen LogP contribution in [0.25, 0.3) is 16.4 Å². The van der Waals surface area contributed by atoms with Gasteiger partial charge >= 0.3 is 0 Å². The molecule has 21 heavy (non-hydrogen) atoms. The number of imidazole rings is 1. The summed E-state index contributed by atoms with van der Waals surface area (Å²) in [4.78, 5) is 13.0. The lowest BCUT2D eigenvalue weighted by Gasteiger charge is -2.10. The molecule has 3 heterocycles. The van der Waals surface area contributed by atoms with Crippen LogP contribution < -0.4 is 5.32 Å². The number of hydrogen-bond acceptors (Lipinski definition) is 4. The minimum Gasteiger partial charge on any atom is -0.337 e. The van der Waals surface area contributed by atoms with E-state index in [1.807, 2.05) is 47.3 Å². The summed E-state index contributed by atoms with van der Waals surface area (Å²) in [7, 11) is 0. The SMILES string of the molecule is Brc1cn2ccnc2c(Nc2cccc3cnccc23)n1. The fourth-order valence-electron chi connectivity index (χ4n) is 2.34. The maximum Gasteiger partial charge on any atom is 0.180 e. The predicted octanol–water partition coefficient (Wildman–Crippen LogP) is 3.78. The van der Waals surface area contributed by atoms with E-state index in [0.29, 0.717) is 5.82 Å². The van der Waals surface area contributed by atoms with Crippen molar-refractivity contribution in [1.29, 1.82) is 0 Å². The Morgan fingerprint density at radius 3 is 3.05 bits per heavy atom. The fraction of sp³-hybridized carbons (Fsp3) is 0. The first kappa shape index (κ1) is 12.3. The van der Waals surface area contributed by atoms with Crippen LogP contribution in [0, 0.1) is 0 Å². The van der Waals surface area contributed by atoms with Crippen molar-refractivity contribution in [3.63, 3.8) is 0 Å². The third kappa shape index (κ3) is 2.13. The van der Waals surface area contributed by atoms with Crippen molar-refractivity contribution in [3.8, 4) is 0 Å². The molecule has 5 nitrogen and oxygen atoms in total. The van der Waals surface area contributed by atoms with Crippen molar-refractivity contribution in [2.45, 2.75) is 0 Å². The van der Waals surface area contributed by atoms with Crippen LogP contribution in [0.3, 0.4) is 0 Å². The Hall–Kier alpha value is -2.47. The Labute approximate surface area is 128 Å². The van der Waals surface area contributed by atoms with E-state index in [2.05, 4.69) is 36.2 Å². The summed E-state index contributed by atoms with van der Waals surface area (Å²) in [5.41, 5.74) is 1.76. The molecule has 0 fully saturated rings. The van der Waals surface area contributed by atoms with E-state index >= 15 is 0 Å². The molecule has 0 amide bonds. The molecule has 1 aromatic carbocycles. The molecule has 0 aliphatic heterocycles. The molecule has 0 saturated heterocycles. The van der Waals surface area contributed by atoms with E-state index in [1.54, 1.807) is 12.4 Å². The van der Waals surface area contributed by atoms with Crippen LogP contribution in [0.1, 0.15) is 0 Å². The second-order valence-electron chi connectivity index (χ2n) is 4.60. The Morgan fingerprint density at radius 2 is 2.10 bits per heavy atom. The molecule has 0 aliphatic carbocycles. The summed E-state index contributed by atoms with van der Waals surface area (Å²) in [5, 5.41) is 5.54. The molecule has 0 radical (unpaired) electrons. The number of anilines is 2. The van der Waals surface area contributed by atoms with Crippen molar-refractivity contribution >= 4 is 43.9 Å². The maximum absolute atomic E-state index is 4.48. The monoisotopic (exact) mass is 339 g/mol. The lowest BCUT2D eigenvalue weighted by atomic mass is 10.1. The number of fused-ring (bicyclic) bond motifs is 2. The van der Waals surface area contributed by atoms with Gasteiger partial charge in [0.25, 0.3) is 0 Å². The minimum absolute atomic E-state index is 0.707. The van der Waals surface area contributed by atoms with Gasteiger partial charge in [-0.2, -0.15) is 0 Å². The highest BCUT2D eigenvalue weighted by atomic mass is 79.9. The van der Waals surface area contributed by atoms with Crippen LogP contribution in [0.2, 0.25) is 0 Å². The van der Waals surface area contributed by atoms with Crippen LogP contribution in [0.15, 0.2) is 59.9 Å². The highest BCUT2D eigenvalue weighted by Gasteiger charge is 2.08. The molecule has 0 saturated carbocycles. The van der Waals surface area contributed by atoms with Gasteiger partial charge in [-0.05, 0) is 28.1 Å². The maximum atomic E-state index is 4.48. The van der Waals surface area contributed by atoms with Gasteiger partial charge < -0.3 is 9.72 Å². The molecule has 0 atom stereocenters. The number of nitrogens with zero attached hydrogens (tertiary/aromatic N) is 4. The molecule has 4 rings (SSSR count). The number of aromatic nitrogens is 4. The van der Waals surface area contributed by atoms with Gasteiger partial charge in [0.1, 0.15) is 4.60 Å². The molecule has 4 aromatic rings. The minimum atomic E-state index is 0.707. The number of rotatable bonds is 2. The van der Waals surface area contributed by atoms with E-state index in [4.69, 9.17) is 0 Å². The van der Waals surface area contributed by atoms with Crippen molar-refractivity contribution in [2.75, 3.05) is 5.32 Å². The summed E-state index contributed by atoms with van der Waals surface area (Å²) >= 11 is 3.42. The summed E-state index contributed by atoms with van der Waals surface area (Å²) in [6.07, 6.45) is 9.15. The zero-order chi connectivity index (χ0) is 14.2. The Kier molecular flexibility index (Phi) is 2.82. The molecule has 3 aromatic heterocycles. The second kappa shape index (κ2) is 4.82. The van der Waals surface area contributed by atoms with Crippen LogP contribution in [0.4, 0.5) is 11.5 Å². The van der Waals surface area contributed by atoms with Gasteiger partial charge in [-0.25, -0.2) is 9.97 Å². The van der Waals surface area contributed by atoms with Gasteiger partial charge in [0.05, 0.1) is 0 Å². The quantitative estimate of drug-likeness (QED) is 0.603. The fourth-order valence-corrected chi connectivity index (χ4v) is 2.74. The normalized spacial score (nSPS) is 11.1. The number of nitrogens with one attached hydrogen (secondary N) is 1. The van der Waals surface area contributed by atoms with Gasteiger partial charge in [-0.3, -0.25) is 4.98 Å². The average Bonchev–Trinajstić information content (AvgIpc) is 2.96. The van der Waals surface area contributed by atoms with Crippen molar-refractivity contribution < 1.29 is 0 Å². The highest BCUT2D eigenvalue weighted by molar-refractivity contribution is 9.10. The molecule has 0 aliphatic rings. The zero-order valence-electron chi connectivity index (χ0n) is 10.9. The molecule has 1 N–H and O–H groups in total. The van der Waals surface area contributed by atoms with E-state index in [1.165, 1.54) is 0 Å². The predicted molar refractivity (Wildman–Crippen MR) is 85.7 cm³/mol. The summed E-state index contributed by atoms with van der Waals surface area (Å²) in [6, 6.07) is 8.03. The van der Waals surface area contributed by atoms with Crippen molar-refractivity contribution in [1.82, 2.24) is 19.4 Å². The first-order valence-corrected chi connectivity index (χ1v) is 7.19. The van der Waals surface area contributed by atoms with Crippen molar-refractivity contribution in [2.24, 2.45) is 0 Å². The topological polar surface area (TPSA) is 55.1 Å². The van der Waals surface area contributed by atoms with Gasteiger partial charge in [0.15, 0.2) is 11.5 Å². The molecule has 0 bridgehead atoms. The van der Waals surface area contributed by atoms with Crippen LogP contribution >= 0.6 is 15.9 Å². The van der Waals surface area contributed by atoms with E-state index in [0.717, 1.165) is 26.7 Å². The molecule has 0 spiro atoms. The van der Waals surface area contributed by atoms with Crippen LogP contribution in [0.5, 0.6) is 0 Å². The lowest BCUT2D eigenvalue weighted by molar-refractivity contribution is 1.10. The number of benzene rings is 1. The number of hydrogen-bond donors (Lipinski definition) is 1. The smallest absolute Gasteiger partial charge is 0.180 e. The van der Waals surface area contributed by atoms with Crippen molar-refractivity contribution in [3.05, 3.63) is 59.9 Å². The number of pyridine rings is 1. The van der Waals surface area contributed by atoms with E-state index < -0.39 is 0 Å². The summed E-state index contributed by atoms with van der Waals surface area (Å²) in [6.45, 7) is 0. The Bertz CT molecular complexity index is 942. The summed E-state index contributed by atoms with van der Waals surface area (Å²) < 4.78 is 2.67. The molecule has 6 heteroatoms. The molecule has 0 unspecified atom stereocenters. The van der Waals surface area contributed by atoms with Gasteiger partial charge in [-0.15, -0.1) is 0 Å². The largest absolute Gasteiger partial charge is 0.337 e. The lowest BCUT2D eigenvalue weighted by Crippen LogP contribution is -1.99. The highest BCUT2D eigenvalue weighted by Crippen LogP contribution is 2.27. The second-order valence-corrected chi connectivity index (χ2v) is 5.41. The van der Waals surface area contributed by atoms with E-state index in [9.17, 15) is 0 Å². The summed E-state index contributed by atoms with van der Waals surface area (Å²) in [5.74, 6) is 0.707. The molecule has 102 valence electrons. The average molecular weight is 340 g/mol. The third-order valence-electron chi connectivity index (χ3n) is 3.28. The Morgan fingerprint density at radius 1 is 1.14 bits per heavy atom.